The van der Waals surface area contributed by atoms with E-state index in [9.17, 15) is 0 Å². The summed E-state index contributed by atoms with van der Waals surface area (Å²) in [4.78, 5) is 0. The summed E-state index contributed by atoms with van der Waals surface area (Å²) < 4.78 is 0. The first-order valence-electron chi connectivity index (χ1n) is 8.10. The first-order chi connectivity index (χ1) is 8.72. The van der Waals surface area contributed by atoms with Gasteiger partial charge in [-0.3, -0.25) is 0 Å². The molecule has 0 aromatic carbocycles. The molecule has 0 heterocycles. The lowest BCUT2D eigenvalue weighted by atomic mass is 9.64. The Bertz CT molecular complexity index is 414. The molecule has 0 nitrogen and oxygen atoms in total. The molecular formula is C18H26. The topological polar surface area (TPSA) is 0 Å². The molecule has 98 valence electrons. The number of fused-ring (bicyclic) bond motifs is 9. The molecule has 0 amide bonds. The predicted octanol–water partition coefficient (Wildman–Crippen LogP) is 4.68. The molecule has 0 heteroatoms. The van der Waals surface area contributed by atoms with E-state index in [1.54, 1.807) is 0 Å². The molecule has 0 radical (unpaired) electrons. The second-order valence-electron chi connectivity index (χ2n) is 7.49. The summed E-state index contributed by atoms with van der Waals surface area (Å²) in [6.07, 6.45) is 12.0. The lowest BCUT2D eigenvalue weighted by molar-refractivity contribution is 0.166. The summed E-state index contributed by atoms with van der Waals surface area (Å²) in [5.74, 6) is 7.77. The summed E-state index contributed by atoms with van der Waals surface area (Å²) in [7, 11) is 0. The number of hydrogen-bond acceptors (Lipinski definition) is 0. The molecule has 7 atom stereocenters. The Hall–Kier alpha value is -0.520. The summed E-state index contributed by atoms with van der Waals surface area (Å²) in [5, 5.41) is 0. The molecule has 4 aliphatic carbocycles. The third-order valence-corrected chi connectivity index (χ3v) is 6.50. The fourth-order valence-corrected chi connectivity index (χ4v) is 6.32. The predicted molar refractivity (Wildman–Crippen MR) is 76.0 cm³/mol. The minimum Gasteiger partial charge on any atom is -0.0850 e. The second kappa shape index (κ2) is 3.74. The molecule has 0 saturated heterocycles. The zero-order valence-electron chi connectivity index (χ0n) is 12.0. The van der Waals surface area contributed by atoms with E-state index in [1.165, 1.54) is 19.3 Å². The SMILES string of the molecule is CC/C=C1\C2CC(C1C(C)C)C1C3C=CC(C3)C21. The molecule has 3 saturated carbocycles. The van der Waals surface area contributed by atoms with Gasteiger partial charge in [-0.15, -0.1) is 0 Å². The average molecular weight is 242 g/mol. The van der Waals surface area contributed by atoms with Crippen molar-refractivity contribution in [2.45, 2.75) is 40.0 Å². The first kappa shape index (κ1) is 11.3. The van der Waals surface area contributed by atoms with Crippen molar-refractivity contribution in [3.8, 4) is 0 Å². The van der Waals surface area contributed by atoms with Crippen LogP contribution in [0.4, 0.5) is 0 Å². The minimum atomic E-state index is 0.849. The van der Waals surface area contributed by atoms with Gasteiger partial charge in [-0.2, -0.15) is 0 Å². The minimum absolute atomic E-state index is 0.849. The highest BCUT2D eigenvalue weighted by atomic mass is 14.7. The smallest absolute Gasteiger partial charge is 0.0146 e. The summed E-state index contributed by atoms with van der Waals surface area (Å²) in [6, 6.07) is 0. The van der Waals surface area contributed by atoms with Crippen molar-refractivity contribution in [2.24, 2.45) is 47.3 Å². The second-order valence-corrected chi connectivity index (χ2v) is 7.49. The molecule has 0 spiro atoms. The summed E-state index contributed by atoms with van der Waals surface area (Å²) >= 11 is 0. The highest BCUT2D eigenvalue weighted by Crippen LogP contribution is 2.69. The normalized spacial score (nSPS) is 54.0. The fraction of sp³-hybridized carbons (Fsp3) is 0.778. The lowest BCUT2D eigenvalue weighted by Crippen LogP contribution is -2.34. The van der Waals surface area contributed by atoms with Crippen molar-refractivity contribution < 1.29 is 0 Å². The van der Waals surface area contributed by atoms with Crippen LogP contribution in [0.2, 0.25) is 0 Å². The Kier molecular flexibility index (Phi) is 2.35. The highest BCUT2D eigenvalue weighted by molar-refractivity contribution is 5.31. The maximum absolute atomic E-state index is 2.60. The van der Waals surface area contributed by atoms with Crippen LogP contribution in [0, 0.1) is 47.3 Å². The van der Waals surface area contributed by atoms with Crippen LogP contribution in [0.25, 0.3) is 0 Å². The van der Waals surface area contributed by atoms with Crippen LogP contribution in [0.15, 0.2) is 23.8 Å². The van der Waals surface area contributed by atoms with Gasteiger partial charge in [0.15, 0.2) is 0 Å². The van der Waals surface area contributed by atoms with Gasteiger partial charge in [0, 0.05) is 0 Å². The molecule has 4 rings (SSSR count). The van der Waals surface area contributed by atoms with Crippen LogP contribution in [-0.2, 0) is 0 Å². The molecule has 0 aliphatic heterocycles. The Morgan fingerprint density at radius 3 is 2.56 bits per heavy atom. The lowest BCUT2D eigenvalue weighted by Gasteiger charge is -2.40. The van der Waals surface area contributed by atoms with Gasteiger partial charge in [-0.05, 0) is 66.6 Å². The fourth-order valence-electron chi connectivity index (χ4n) is 6.32. The van der Waals surface area contributed by atoms with E-state index >= 15 is 0 Å². The van der Waals surface area contributed by atoms with Crippen LogP contribution < -0.4 is 0 Å². The van der Waals surface area contributed by atoms with Crippen LogP contribution >= 0.6 is 0 Å². The van der Waals surface area contributed by atoms with Gasteiger partial charge >= 0.3 is 0 Å². The largest absolute Gasteiger partial charge is 0.0850 e. The molecule has 0 aromatic rings. The van der Waals surface area contributed by atoms with Crippen molar-refractivity contribution in [1.29, 1.82) is 0 Å². The number of rotatable bonds is 2. The Morgan fingerprint density at radius 1 is 1.17 bits per heavy atom. The molecule has 0 aromatic heterocycles. The Labute approximate surface area is 112 Å². The maximum Gasteiger partial charge on any atom is -0.0146 e. The van der Waals surface area contributed by atoms with Crippen molar-refractivity contribution in [1.82, 2.24) is 0 Å². The Morgan fingerprint density at radius 2 is 1.89 bits per heavy atom. The standard InChI is InChI=1S/C18H26/c1-4-5-13-14-9-15(16(13)10(2)3)18-12-7-6-11(8-12)17(14)18/h5-7,10-12,14-18H,4,8-9H2,1-3H3/b13-5+. The van der Waals surface area contributed by atoms with Crippen LogP contribution in [0.5, 0.6) is 0 Å². The third-order valence-electron chi connectivity index (χ3n) is 6.50. The molecular weight excluding hydrogens is 216 g/mol. The van der Waals surface area contributed by atoms with Gasteiger partial charge in [0.2, 0.25) is 0 Å². The number of hydrogen-bond donors (Lipinski definition) is 0. The molecule has 3 fully saturated rings. The van der Waals surface area contributed by atoms with Crippen LogP contribution in [0.1, 0.15) is 40.0 Å². The van der Waals surface area contributed by atoms with Crippen molar-refractivity contribution in [3.63, 3.8) is 0 Å². The average Bonchev–Trinajstić information content (AvgIpc) is 3.06. The van der Waals surface area contributed by atoms with E-state index < -0.39 is 0 Å². The molecule has 18 heavy (non-hydrogen) atoms. The first-order valence-corrected chi connectivity index (χ1v) is 8.10. The van der Waals surface area contributed by atoms with Gasteiger partial charge in [0.25, 0.3) is 0 Å². The van der Waals surface area contributed by atoms with E-state index in [1.807, 2.05) is 5.57 Å². The van der Waals surface area contributed by atoms with Gasteiger partial charge in [0.1, 0.15) is 0 Å². The molecule has 7 unspecified atom stereocenters. The monoisotopic (exact) mass is 242 g/mol. The van der Waals surface area contributed by atoms with Gasteiger partial charge in [0.05, 0.1) is 0 Å². The third kappa shape index (κ3) is 1.22. The van der Waals surface area contributed by atoms with Crippen molar-refractivity contribution in [3.05, 3.63) is 23.8 Å². The molecule has 4 bridgehead atoms. The maximum atomic E-state index is 2.60. The molecule has 4 aliphatic rings. The van der Waals surface area contributed by atoms with E-state index in [4.69, 9.17) is 0 Å². The van der Waals surface area contributed by atoms with Crippen LogP contribution in [-0.4, -0.2) is 0 Å². The van der Waals surface area contributed by atoms with Crippen molar-refractivity contribution >= 4 is 0 Å². The van der Waals surface area contributed by atoms with Crippen LogP contribution in [0.3, 0.4) is 0 Å². The van der Waals surface area contributed by atoms with Crippen molar-refractivity contribution in [2.75, 3.05) is 0 Å². The quantitative estimate of drug-likeness (QED) is 0.487. The van der Waals surface area contributed by atoms with Gasteiger partial charge < -0.3 is 0 Å². The zero-order valence-corrected chi connectivity index (χ0v) is 12.0. The van der Waals surface area contributed by atoms with Gasteiger partial charge in [-0.25, -0.2) is 0 Å². The molecule has 0 N–H and O–H groups in total. The van der Waals surface area contributed by atoms with Gasteiger partial charge in [-0.1, -0.05) is 44.6 Å². The van der Waals surface area contributed by atoms with E-state index in [-0.39, 0.29) is 0 Å². The van der Waals surface area contributed by atoms with E-state index in [2.05, 4.69) is 39.0 Å². The van der Waals surface area contributed by atoms with E-state index in [0.29, 0.717) is 0 Å². The Balaban J connectivity index is 1.74. The highest BCUT2D eigenvalue weighted by Gasteiger charge is 2.62. The van der Waals surface area contributed by atoms with E-state index in [0.717, 1.165) is 47.3 Å². The number of allylic oxidation sites excluding steroid dienone is 4. The zero-order chi connectivity index (χ0) is 12.4. The summed E-state index contributed by atoms with van der Waals surface area (Å²) in [5.41, 5.74) is 1.87. The summed E-state index contributed by atoms with van der Waals surface area (Å²) in [6.45, 7) is 7.22.